The molecule has 0 aliphatic carbocycles. The van der Waals surface area contributed by atoms with E-state index in [1.807, 2.05) is 36.5 Å². The minimum atomic E-state index is 0.340. The number of hydrogen-bond donors (Lipinski definition) is 0. The number of rotatable bonds is 1. The van der Waals surface area contributed by atoms with Crippen molar-refractivity contribution in [2.75, 3.05) is 0 Å². The van der Waals surface area contributed by atoms with E-state index < -0.39 is 0 Å². The average Bonchev–Trinajstić information content (AvgIpc) is 2.98. The summed E-state index contributed by atoms with van der Waals surface area (Å²) in [5, 5.41) is 2.14. The number of pyridine rings is 1. The molecule has 94 valence electrons. The fraction of sp³-hybridized carbons (Fsp3) is 0.143. The Labute approximate surface area is 119 Å². The minimum absolute atomic E-state index is 0.340. The van der Waals surface area contributed by atoms with Crippen LogP contribution in [0.15, 0.2) is 47.8 Å². The Morgan fingerprint density at radius 2 is 2.21 bits per heavy atom. The zero-order valence-electron chi connectivity index (χ0n) is 9.95. The molecule has 0 spiro atoms. The Bertz CT molecular complexity index is 754. The molecule has 1 atom stereocenters. The van der Waals surface area contributed by atoms with Gasteiger partial charge in [-0.3, -0.25) is 4.98 Å². The van der Waals surface area contributed by atoms with Crippen molar-refractivity contribution in [1.82, 2.24) is 14.5 Å². The van der Waals surface area contributed by atoms with Gasteiger partial charge in [-0.2, -0.15) is 0 Å². The standard InChI is InChI=1S/C14H10ClN3S/c15-9-4-5-10-12(7-9)18-8-13(19-14(18)17-10)11-3-1-2-6-16-11/h1-7,13H,8H2. The van der Waals surface area contributed by atoms with Crippen LogP contribution in [0.25, 0.3) is 11.0 Å². The van der Waals surface area contributed by atoms with Crippen molar-refractivity contribution in [1.29, 1.82) is 0 Å². The lowest BCUT2D eigenvalue weighted by Gasteiger charge is -2.07. The fourth-order valence-electron chi connectivity index (χ4n) is 2.39. The molecule has 0 radical (unpaired) electrons. The predicted molar refractivity (Wildman–Crippen MR) is 77.6 cm³/mol. The maximum absolute atomic E-state index is 6.07. The van der Waals surface area contributed by atoms with Crippen molar-refractivity contribution in [3.63, 3.8) is 0 Å². The number of halogens is 1. The molecule has 5 heteroatoms. The summed E-state index contributed by atoms with van der Waals surface area (Å²) >= 11 is 7.84. The summed E-state index contributed by atoms with van der Waals surface area (Å²) in [5.74, 6) is 0. The summed E-state index contributed by atoms with van der Waals surface area (Å²) in [5.41, 5.74) is 3.22. The molecule has 0 saturated heterocycles. The highest BCUT2D eigenvalue weighted by atomic mass is 35.5. The molecule has 1 aliphatic heterocycles. The molecule has 19 heavy (non-hydrogen) atoms. The minimum Gasteiger partial charge on any atom is -0.317 e. The number of hydrogen-bond acceptors (Lipinski definition) is 3. The maximum Gasteiger partial charge on any atom is 0.169 e. The molecule has 3 heterocycles. The van der Waals surface area contributed by atoms with E-state index >= 15 is 0 Å². The van der Waals surface area contributed by atoms with Gasteiger partial charge in [0.1, 0.15) is 0 Å². The summed E-state index contributed by atoms with van der Waals surface area (Å²) in [6.07, 6.45) is 1.84. The van der Waals surface area contributed by atoms with E-state index in [0.29, 0.717) is 5.25 Å². The highest BCUT2D eigenvalue weighted by Gasteiger charge is 2.27. The maximum atomic E-state index is 6.07. The Morgan fingerprint density at radius 3 is 3.05 bits per heavy atom. The van der Waals surface area contributed by atoms with Crippen molar-refractivity contribution < 1.29 is 0 Å². The number of thioether (sulfide) groups is 1. The van der Waals surface area contributed by atoms with E-state index in [-0.39, 0.29) is 0 Å². The van der Waals surface area contributed by atoms with Crippen LogP contribution in [0.1, 0.15) is 10.9 Å². The summed E-state index contributed by atoms with van der Waals surface area (Å²) < 4.78 is 2.23. The van der Waals surface area contributed by atoms with Crippen molar-refractivity contribution in [2.24, 2.45) is 0 Å². The SMILES string of the molecule is Clc1ccc2nc3n(c2c1)CC(c1ccccn1)S3. The largest absolute Gasteiger partial charge is 0.317 e. The van der Waals surface area contributed by atoms with Crippen LogP contribution in [0, 0.1) is 0 Å². The first kappa shape index (κ1) is 11.3. The van der Waals surface area contributed by atoms with Crippen LogP contribution in [0.4, 0.5) is 0 Å². The quantitative estimate of drug-likeness (QED) is 0.679. The molecule has 1 aromatic carbocycles. The van der Waals surface area contributed by atoms with E-state index in [2.05, 4.69) is 20.6 Å². The van der Waals surface area contributed by atoms with E-state index in [1.165, 1.54) is 0 Å². The van der Waals surface area contributed by atoms with Gasteiger partial charge in [-0.25, -0.2) is 4.98 Å². The van der Waals surface area contributed by atoms with Crippen LogP contribution in [0.3, 0.4) is 0 Å². The number of imidazole rings is 1. The van der Waals surface area contributed by atoms with Gasteiger partial charge in [0.25, 0.3) is 0 Å². The molecule has 0 amide bonds. The van der Waals surface area contributed by atoms with Gasteiger partial charge in [0.05, 0.1) is 22.0 Å². The molecule has 0 N–H and O–H groups in total. The molecule has 0 saturated carbocycles. The third-order valence-corrected chi connectivity index (χ3v) is 4.72. The van der Waals surface area contributed by atoms with Crippen molar-refractivity contribution >= 4 is 34.4 Å². The molecule has 3 nitrogen and oxygen atoms in total. The smallest absolute Gasteiger partial charge is 0.169 e. The van der Waals surface area contributed by atoms with Crippen LogP contribution in [0.5, 0.6) is 0 Å². The molecule has 0 bridgehead atoms. The Balaban J connectivity index is 1.77. The van der Waals surface area contributed by atoms with E-state index in [0.717, 1.165) is 33.5 Å². The highest BCUT2D eigenvalue weighted by molar-refractivity contribution is 7.99. The molecule has 3 aromatic rings. The zero-order valence-corrected chi connectivity index (χ0v) is 11.5. The lowest BCUT2D eigenvalue weighted by atomic mass is 10.2. The third-order valence-electron chi connectivity index (χ3n) is 3.29. The van der Waals surface area contributed by atoms with Gasteiger partial charge in [-0.05, 0) is 30.3 Å². The van der Waals surface area contributed by atoms with Gasteiger partial charge < -0.3 is 4.57 Å². The first-order chi connectivity index (χ1) is 9.31. The lowest BCUT2D eigenvalue weighted by molar-refractivity contribution is 0.674. The topological polar surface area (TPSA) is 30.7 Å². The number of aromatic nitrogens is 3. The fourth-order valence-corrected chi connectivity index (χ4v) is 3.75. The van der Waals surface area contributed by atoms with Crippen LogP contribution >= 0.6 is 23.4 Å². The summed E-state index contributed by atoms with van der Waals surface area (Å²) in [7, 11) is 0. The monoisotopic (exact) mass is 287 g/mol. The molecular formula is C14H10ClN3S. The molecule has 4 rings (SSSR count). The average molecular weight is 288 g/mol. The van der Waals surface area contributed by atoms with Crippen molar-refractivity contribution in [2.45, 2.75) is 17.0 Å². The van der Waals surface area contributed by atoms with Crippen LogP contribution in [0.2, 0.25) is 5.02 Å². The van der Waals surface area contributed by atoms with Gasteiger partial charge in [-0.1, -0.05) is 29.4 Å². The Morgan fingerprint density at radius 1 is 1.26 bits per heavy atom. The Hall–Kier alpha value is -1.52. The van der Waals surface area contributed by atoms with E-state index in [4.69, 9.17) is 11.6 Å². The van der Waals surface area contributed by atoms with Crippen LogP contribution in [-0.2, 0) is 6.54 Å². The first-order valence-electron chi connectivity index (χ1n) is 6.04. The first-order valence-corrected chi connectivity index (χ1v) is 7.30. The normalized spacial score (nSPS) is 17.8. The van der Waals surface area contributed by atoms with Crippen LogP contribution in [-0.4, -0.2) is 14.5 Å². The number of benzene rings is 1. The molecule has 1 aliphatic rings. The molecule has 2 aromatic heterocycles. The molecular weight excluding hydrogens is 278 g/mol. The van der Waals surface area contributed by atoms with Gasteiger partial charge in [0, 0.05) is 17.8 Å². The van der Waals surface area contributed by atoms with E-state index in [1.54, 1.807) is 11.8 Å². The second kappa shape index (κ2) is 4.25. The second-order valence-electron chi connectivity index (χ2n) is 4.50. The van der Waals surface area contributed by atoms with Crippen molar-refractivity contribution in [3.8, 4) is 0 Å². The summed E-state index contributed by atoms with van der Waals surface area (Å²) in [6, 6.07) is 11.9. The number of nitrogens with zero attached hydrogens (tertiary/aromatic N) is 3. The zero-order chi connectivity index (χ0) is 12.8. The van der Waals surface area contributed by atoms with Gasteiger partial charge in [-0.15, -0.1) is 0 Å². The lowest BCUT2D eigenvalue weighted by Crippen LogP contribution is -2.00. The Kier molecular flexibility index (Phi) is 2.53. The van der Waals surface area contributed by atoms with Gasteiger partial charge in [0.2, 0.25) is 0 Å². The number of fused-ring (bicyclic) bond motifs is 3. The highest BCUT2D eigenvalue weighted by Crippen LogP contribution is 2.43. The molecule has 1 unspecified atom stereocenters. The van der Waals surface area contributed by atoms with Crippen molar-refractivity contribution in [3.05, 3.63) is 53.3 Å². The van der Waals surface area contributed by atoms with Crippen LogP contribution < -0.4 is 0 Å². The third kappa shape index (κ3) is 1.83. The molecule has 0 fully saturated rings. The summed E-state index contributed by atoms with van der Waals surface area (Å²) in [4.78, 5) is 9.08. The van der Waals surface area contributed by atoms with Gasteiger partial charge >= 0.3 is 0 Å². The van der Waals surface area contributed by atoms with E-state index in [9.17, 15) is 0 Å². The summed E-state index contributed by atoms with van der Waals surface area (Å²) in [6.45, 7) is 0.897. The predicted octanol–water partition coefficient (Wildman–Crippen LogP) is 3.93. The van der Waals surface area contributed by atoms with Gasteiger partial charge in [0.15, 0.2) is 5.16 Å². The second-order valence-corrected chi connectivity index (χ2v) is 6.11.